The van der Waals surface area contributed by atoms with Gasteiger partial charge in [-0.05, 0) is 6.42 Å². The van der Waals surface area contributed by atoms with Gasteiger partial charge in [-0.15, -0.1) is 0 Å². The van der Waals surface area contributed by atoms with Crippen molar-refractivity contribution in [2.75, 3.05) is 6.61 Å². The number of aliphatic hydroxyl groups excluding tert-OH is 1. The second kappa shape index (κ2) is 6.40. The summed E-state index contributed by atoms with van der Waals surface area (Å²) in [6.45, 7) is 4.77. The molecule has 0 aliphatic heterocycles. The average Bonchev–Trinajstić information content (AvgIpc) is 2.23. The van der Waals surface area contributed by atoms with Crippen molar-refractivity contribution in [3.63, 3.8) is 0 Å². The van der Waals surface area contributed by atoms with Crippen molar-refractivity contribution in [3.8, 4) is 0 Å². The van der Waals surface area contributed by atoms with E-state index in [1.807, 2.05) is 6.92 Å². The van der Waals surface area contributed by atoms with E-state index in [1.54, 1.807) is 6.92 Å². The van der Waals surface area contributed by atoms with E-state index in [0.717, 1.165) is 0 Å². The van der Waals surface area contributed by atoms with E-state index >= 15 is 0 Å². The molecule has 0 aliphatic carbocycles. The van der Waals surface area contributed by atoms with Gasteiger partial charge in [-0.2, -0.15) is 0 Å². The summed E-state index contributed by atoms with van der Waals surface area (Å²) in [7, 11) is 0. The zero-order valence-corrected chi connectivity index (χ0v) is 9.36. The minimum Gasteiger partial charge on any atom is -0.481 e. The molecule has 0 aromatic heterocycles. The first-order valence-corrected chi connectivity index (χ1v) is 5.08. The fourth-order valence-corrected chi connectivity index (χ4v) is 1.05. The Morgan fingerprint density at radius 1 is 1.27 bits per heavy atom. The molecule has 0 aromatic rings. The normalized spacial score (nSPS) is 16.5. The summed E-state index contributed by atoms with van der Waals surface area (Å²) < 4.78 is 0. The fourth-order valence-electron chi connectivity index (χ4n) is 1.05. The Kier molecular flexibility index (Phi) is 5.93. The molecule has 0 saturated heterocycles. The lowest BCUT2D eigenvalue weighted by Crippen LogP contribution is -2.42. The molecular weight excluding hydrogens is 198 g/mol. The minimum atomic E-state index is -0.991. The molecule has 15 heavy (non-hydrogen) atoms. The molecule has 0 rings (SSSR count). The zero-order valence-electron chi connectivity index (χ0n) is 9.36. The third-order valence-electron chi connectivity index (χ3n) is 2.61. The standard InChI is InChI=1S/C10H19NO4/c1-4-8(5-12)11-9(13)6(2)7(3)10(14)15/h6-8,12H,4-5H2,1-3H3,(H,11,13)(H,14,15). The van der Waals surface area contributed by atoms with Gasteiger partial charge in [0, 0.05) is 5.92 Å². The van der Waals surface area contributed by atoms with Crippen molar-refractivity contribution in [2.45, 2.75) is 33.2 Å². The van der Waals surface area contributed by atoms with E-state index in [4.69, 9.17) is 10.2 Å². The Bertz CT molecular complexity index is 225. The van der Waals surface area contributed by atoms with Gasteiger partial charge in [0.1, 0.15) is 0 Å². The first-order chi connectivity index (χ1) is 6.93. The lowest BCUT2D eigenvalue weighted by molar-refractivity contribution is -0.146. The highest BCUT2D eigenvalue weighted by atomic mass is 16.4. The highest BCUT2D eigenvalue weighted by Crippen LogP contribution is 2.11. The van der Waals surface area contributed by atoms with Crippen LogP contribution in [0.5, 0.6) is 0 Å². The third-order valence-corrected chi connectivity index (χ3v) is 2.61. The number of carbonyl (C=O) groups is 2. The van der Waals surface area contributed by atoms with E-state index in [1.165, 1.54) is 6.92 Å². The SMILES string of the molecule is CCC(CO)NC(=O)C(C)C(C)C(=O)O. The average molecular weight is 217 g/mol. The van der Waals surface area contributed by atoms with Crippen molar-refractivity contribution in [1.82, 2.24) is 5.32 Å². The van der Waals surface area contributed by atoms with Gasteiger partial charge in [-0.3, -0.25) is 9.59 Å². The molecule has 0 aromatic carbocycles. The number of amides is 1. The van der Waals surface area contributed by atoms with Crippen LogP contribution in [0.3, 0.4) is 0 Å². The van der Waals surface area contributed by atoms with Crippen LogP contribution in [-0.2, 0) is 9.59 Å². The maximum absolute atomic E-state index is 11.5. The molecule has 0 heterocycles. The van der Waals surface area contributed by atoms with Gasteiger partial charge >= 0.3 is 5.97 Å². The summed E-state index contributed by atoms with van der Waals surface area (Å²) >= 11 is 0. The Balaban J connectivity index is 4.26. The number of carboxylic acid groups (broad SMARTS) is 1. The van der Waals surface area contributed by atoms with Crippen LogP contribution in [0.15, 0.2) is 0 Å². The molecule has 5 nitrogen and oxygen atoms in total. The van der Waals surface area contributed by atoms with Gasteiger partial charge in [-0.25, -0.2) is 0 Å². The van der Waals surface area contributed by atoms with E-state index in [2.05, 4.69) is 5.32 Å². The smallest absolute Gasteiger partial charge is 0.307 e. The van der Waals surface area contributed by atoms with Crippen LogP contribution in [0.1, 0.15) is 27.2 Å². The van der Waals surface area contributed by atoms with Crippen LogP contribution in [0.4, 0.5) is 0 Å². The summed E-state index contributed by atoms with van der Waals surface area (Å²) in [5, 5.41) is 20.2. The summed E-state index contributed by atoms with van der Waals surface area (Å²) in [6.07, 6.45) is 0.621. The van der Waals surface area contributed by atoms with Crippen molar-refractivity contribution < 1.29 is 19.8 Å². The van der Waals surface area contributed by atoms with Gasteiger partial charge in [0.05, 0.1) is 18.6 Å². The maximum atomic E-state index is 11.5. The molecule has 0 radical (unpaired) electrons. The minimum absolute atomic E-state index is 0.129. The van der Waals surface area contributed by atoms with Crippen LogP contribution >= 0.6 is 0 Å². The Morgan fingerprint density at radius 3 is 2.13 bits per heavy atom. The van der Waals surface area contributed by atoms with Gasteiger partial charge < -0.3 is 15.5 Å². The van der Waals surface area contributed by atoms with Crippen molar-refractivity contribution >= 4 is 11.9 Å². The highest BCUT2D eigenvalue weighted by molar-refractivity contribution is 5.84. The molecule has 88 valence electrons. The largest absolute Gasteiger partial charge is 0.481 e. The number of nitrogens with one attached hydrogen (secondary N) is 1. The lowest BCUT2D eigenvalue weighted by atomic mass is 9.95. The molecule has 3 unspecified atom stereocenters. The monoisotopic (exact) mass is 217 g/mol. The lowest BCUT2D eigenvalue weighted by Gasteiger charge is -2.20. The first-order valence-electron chi connectivity index (χ1n) is 5.08. The first kappa shape index (κ1) is 13.9. The molecule has 0 fully saturated rings. The Hall–Kier alpha value is -1.10. The number of aliphatic carboxylic acids is 1. The fraction of sp³-hybridized carbons (Fsp3) is 0.800. The number of aliphatic hydroxyl groups is 1. The molecule has 3 N–H and O–H groups in total. The zero-order chi connectivity index (χ0) is 12.0. The summed E-state index contributed by atoms with van der Waals surface area (Å²) in [5.74, 6) is -2.63. The van der Waals surface area contributed by atoms with E-state index < -0.39 is 17.8 Å². The van der Waals surface area contributed by atoms with Crippen molar-refractivity contribution in [2.24, 2.45) is 11.8 Å². The second-order valence-electron chi connectivity index (χ2n) is 3.71. The van der Waals surface area contributed by atoms with Gasteiger partial charge in [0.2, 0.25) is 5.91 Å². The molecule has 0 aliphatic rings. The summed E-state index contributed by atoms with van der Waals surface area (Å²) in [6, 6.07) is -0.291. The third kappa shape index (κ3) is 4.29. The van der Waals surface area contributed by atoms with Crippen LogP contribution in [0.2, 0.25) is 0 Å². The molecular formula is C10H19NO4. The molecule has 0 bridgehead atoms. The van der Waals surface area contributed by atoms with E-state index in [-0.39, 0.29) is 18.6 Å². The van der Waals surface area contributed by atoms with Crippen molar-refractivity contribution in [3.05, 3.63) is 0 Å². The number of carbonyl (C=O) groups excluding carboxylic acids is 1. The number of hydrogen-bond donors (Lipinski definition) is 3. The molecule has 3 atom stereocenters. The summed E-state index contributed by atoms with van der Waals surface area (Å²) in [5.41, 5.74) is 0. The number of rotatable bonds is 6. The van der Waals surface area contributed by atoms with Crippen LogP contribution in [-0.4, -0.2) is 34.7 Å². The maximum Gasteiger partial charge on any atom is 0.307 e. The predicted octanol–water partition coefficient (Wildman–Crippen LogP) is 0.230. The highest BCUT2D eigenvalue weighted by Gasteiger charge is 2.26. The second-order valence-corrected chi connectivity index (χ2v) is 3.71. The van der Waals surface area contributed by atoms with Crippen LogP contribution in [0, 0.1) is 11.8 Å². The molecule has 0 saturated carbocycles. The number of hydrogen-bond acceptors (Lipinski definition) is 3. The van der Waals surface area contributed by atoms with Gasteiger partial charge in [0.15, 0.2) is 0 Å². The predicted molar refractivity (Wildman–Crippen MR) is 55.3 cm³/mol. The van der Waals surface area contributed by atoms with E-state index in [9.17, 15) is 9.59 Å². The van der Waals surface area contributed by atoms with Crippen LogP contribution in [0.25, 0.3) is 0 Å². The Morgan fingerprint density at radius 2 is 1.80 bits per heavy atom. The quantitative estimate of drug-likeness (QED) is 0.594. The molecule has 1 amide bonds. The van der Waals surface area contributed by atoms with E-state index in [0.29, 0.717) is 6.42 Å². The molecule has 5 heteroatoms. The van der Waals surface area contributed by atoms with Gasteiger partial charge in [-0.1, -0.05) is 20.8 Å². The summed E-state index contributed by atoms with van der Waals surface area (Å²) in [4.78, 5) is 22.2. The van der Waals surface area contributed by atoms with Crippen molar-refractivity contribution in [1.29, 1.82) is 0 Å². The molecule has 0 spiro atoms. The Labute approximate surface area is 89.5 Å². The van der Waals surface area contributed by atoms with Gasteiger partial charge in [0.25, 0.3) is 0 Å². The topological polar surface area (TPSA) is 86.6 Å². The van der Waals surface area contributed by atoms with Crippen LogP contribution < -0.4 is 5.32 Å². The number of carboxylic acids is 1.